The van der Waals surface area contributed by atoms with Crippen LogP contribution in [0.3, 0.4) is 0 Å². The summed E-state index contributed by atoms with van der Waals surface area (Å²) in [5.74, 6) is 0. The van der Waals surface area contributed by atoms with Crippen LogP contribution in [0.25, 0.3) is 22.0 Å². The maximum Gasteiger partial charge on any atom is 0.272 e. The van der Waals surface area contributed by atoms with Crippen molar-refractivity contribution in [3.63, 3.8) is 0 Å². The molecule has 0 saturated carbocycles. The molecule has 1 aliphatic rings. The fourth-order valence-electron chi connectivity index (χ4n) is 3.83. The number of rotatable bonds is 8. The van der Waals surface area contributed by atoms with Gasteiger partial charge in [0.05, 0.1) is 35.0 Å². The zero-order valence-corrected chi connectivity index (χ0v) is 17.8. The third-order valence-electron chi connectivity index (χ3n) is 5.51. The highest BCUT2D eigenvalue weighted by atomic mass is 35.5. The highest BCUT2D eigenvalue weighted by Crippen LogP contribution is 2.30. The second-order valence-corrected chi connectivity index (χ2v) is 7.99. The van der Waals surface area contributed by atoms with E-state index in [1.807, 2.05) is 42.5 Å². The van der Waals surface area contributed by atoms with Gasteiger partial charge in [-0.1, -0.05) is 42.3 Å². The topological polar surface area (TPSA) is 70.2 Å². The first-order valence-corrected chi connectivity index (χ1v) is 10.9. The molecule has 2 N–H and O–H groups in total. The highest BCUT2D eigenvalue weighted by Gasteiger charge is 2.11. The molecule has 1 fully saturated rings. The molecular formula is C23H27ClN4O2. The highest BCUT2D eigenvalue weighted by molar-refractivity contribution is 6.33. The Bertz CT molecular complexity index is 1050. The molecule has 0 aliphatic carbocycles. The maximum atomic E-state index is 12.1. The Hall–Kier alpha value is -2.41. The number of fused-ring (bicyclic) bond motifs is 1. The van der Waals surface area contributed by atoms with E-state index < -0.39 is 0 Å². The molecule has 6 nitrogen and oxygen atoms in total. The Morgan fingerprint density at radius 1 is 1.07 bits per heavy atom. The molecule has 0 bridgehead atoms. The van der Waals surface area contributed by atoms with Crippen molar-refractivity contribution in [2.45, 2.75) is 19.3 Å². The van der Waals surface area contributed by atoms with Crippen molar-refractivity contribution < 1.29 is 4.74 Å². The first kappa shape index (κ1) is 20.8. The maximum absolute atomic E-state index is 12.1. The number of nitrogens with zero attached hydrogens (tertiary/aromatic N) is 2. The predicted octanol–water partition coefficient (Wildman–Crippen LogP) is 4.16. The molecule has 1 aliphatic heterocycles. The van der Waals surface area contributed by atoms with Crippen molar-refractivity contribution in [2.75, 3.05) is 44.7 Å². The molecule has 0 spiro atoms. The van der Waals surface area contributed by atoms with Gasteiger partial charge in [-0.3, -0.25) is 9.69 Å². The Balaban J connectivity index is 1.37. The van der Waals surface area contributed by atoms with E-state index >= 15 is 0 Å². The lowest BCUT2D eigenvalue weighted by Crippen LogP contribution is -2.36. The third kappa shape index (κ3) is 5.01. The molecule has 0 atom stereocenters. The Morgan fingerprint density at radius 2 is 1.87 bits per heavy atom. The zero-order valence-electron chi connectivity index (χ0n) is 17.0. The van der Waals surface area contributed by atoms with Crippen molar-refractivity contribution in [3.05, 3.63) is 57.8 Å². The molecule has 2 aromatic carbocycles. The fraction of sp³-hybridized carbons (Fsp3) is 0.391. The Labute approximate surface area is 181 Å². The molecule has 0 radical (unpaired) electrons. The number of morpholine rings is 1. The molecule has 4 rings (SSSR count). The van der Waals surface area contributed by atoms with Gasteiger partial charge in [0.25, 0.3) is 5.56 Å². The van der Waals surface area contributed by atoms with Crippen LogP contribution in [-0.4, -0.2) is 54.5 Å². The molecule has 2 heterocycles. The number of aromatic nitrogens is 2. The summed E-state index contributed by atoms with van der Waals surface area (Å²) in [6, 6.07) is 13.3. The summed E-state index contributed by atoms with van der Waals surface area (Å²) >= 11 is 6.41. The number of H-pyrrole nitrogens is 1. The lowest BCUT2D eigenvalue weighted by atomic mass is 10.0. The quantitative estimate of drug-likeness (QED) is 0.529. The second-order valence-electron chi connectivity index (χ2n) is 7.58. The van der Waals surface area contributed by atoms with E-state index in [1.165, 1.54) is 12.8 Å². The van der Waals surface area contributed by atoms with Crippen LogP contribution in [0, 0.1) is 0 Å². The summed E-state index contributed by atoms with van der Waals surface area (Å²) in [6.07, 6.45) is 3.46. The number of aromatic amines is 1. The van der Waals surface area contributed by atoms with E-state index in [2.05, 4.69) is 20.4 Å². The number of nitrogens with one attached hydrogen (secondary N) is 2. The van der Waals surface area contributed by atoms with Gasteiger partial charge in [0, 0.05) is 30.6 Å². The van der Waals surface area contributed by atoms with Gasteiger partial charge in [-0.15, -0.1) is 0 Å². The minimum Gasteiger partial charge on any atom is -0.384 e. The lowest BCUT2D eigenvalue weighted by molar-refractivity contribution is 0.0372. The monoisotopic (exact) mass is 426 g/mol. The van der Waals surface area contributed by atoms with E-state index in [4.69, 9.17) is 16.3 Å². The van der Waals surface area contributed by atoms with E-state index in [-0.39, 0.29) is 5.56 Å². The summed E-state index contributed by atoms with van der Waals surface area (Å²) in [5.41, 5.74) is 2.37. The van der Waals surface area contributed by atoms with Crippen LogP contribution in [-0.2, 0) is 4.74 Å². The molecule has 0 unspecified atom stereocenters. The number of unbranched alkanes of at least 4 members (excludes halogenated alkanes) is 2. The van der Waals surface area contributed by atoms with Crippen LogP contribution in [0.1, 0.15) is 19.3 Å². The van der Waals surface area contributed by atoms with Gasteiger partial charge in [0.15, 0.2) is 0 Å². The molecule has 158 valence electrons. The van der Waals surface area contributed by atoms with Crippen LogP contribution in [0.2, 0.25) is 5.02 Å². The first-order chi connectivity index (χ1) is 14.7. The van der Waals surface area contributed by atoms with Gasteiger partial charge >= 0.3 is 0 Å². The summed E-state index contributed by atoms with van der Waals surface area (Å²) in [5, 5.41) is 12.5. The van der Waals surface area contributed by atoms with Gasteiger partial charge in [-0.05, 0) is 37.6 Å². The van der Waals surface area contributed by atoms with Crippen molar-refractivity contribution in [1.82, 2.24) is 15.1 Å². The molecule has 1 aromatic heterocycles. The van der Waals surface area contributed by atoms with Crippen LogP contribution >= 0.6 is 11.6 Å². The standard InChI is InChI=1S/C23H27ClN4O2/c24-20-9-8-17(22-18-6-2-3-7-19(18)23(29)27-26-22)16-21(20)25-10-4-1-5-11-28-12-14-30-15-13-28/h2-3,6-9,16,25H,1,4-5,10-15H2,(H,27,29). The van der Waals surface area contributed by atoms with Gasteiger partial charge in [0.1, 0.15) is 0 Å². The smallest absolute Gasteiger partial charge is 0.272 e. The summed E-state index contributed by atoms with van der Waals surface area (Å²) in [4.78, 5) is 14.5. The average Bonchev–Trinajstić information content (AvgIpc) is 2.78. The van der Waals surface area contributed by atoms with Crippen LogP contribution in [0.4, 0.5) is 5.69 Å². The normalized spacial score (nSPS) is 14.8. The number of hydrogen-bond donors (Lipinski definition) is 2. The van der Waals surface area contributed by atoms with Gasteiger partial charge < -0.3 is 10.1 Å². The molecule has 30 heavy (non-hydrogen) atoms. The van der Waals surface area contributed by atoms with Crippen molar-refractivity contribution in [3.8, 4) is 11.3 Å². The number of anilines is 1. The van der Waals surface area contributed by atoms with Crippen molar-refractivity contribution >= 4 is 28.1 Å². The zero-order chi connectivity index (χ0) is 20.8. The molecule has 7 heteroatoms. The number of hydrogen-bond acceptors (Lipinski definition) is 5. The van der Waals surface area contributed by atoms with Crippen LogP contribution < -0.4 is 10.9 Å². The molecule has 0 amide bonds. The van der Waals surface area contributed by atoms with Gasteiger partial charge in [0.2, 0.25) is 0 Å². The average molecular weight is 427 g/mol. The van der Waals surface area contributed by atoms with E-state index in [0.29, 0.717) is 10.4 Å². The number of halogens is 1. The van der Waals surface area contributed by atoms with Gasteiger partial charge in [-0.25, -0.2) is 5.10 Å². The summed E-state index contributed by atoms with van der Waals surface area (Å²) in [6.45, 7) is 5.82. The number of benzene rings is 2. The first-order valence-electron chi connectivity index (χ1n) is 10.5. The van der Waals surface area contributed by atoms with Crippen molar-refractivity contribution in [2.24, 2.45) is 0 Å². The van der Waals surface area contributed by atoms with Crippen molar-refractivity contribution in [1.29, 1.82) is 0 Å². The number of ether oxygens (including phenoxy) is 1. The van der Waals surface area contributed by atoms with E-state index in [1.54, 1.807) is 0 Å². The van der Waals surface area contributed by atoms with Crippen LogP contribution in [0.15, 0.2) is 47.3 Å². The van der Waals surface area contributed by atoms with E-state index in [0.717, 1.165) is 68.1 Å². The predicted molar refractivity (Wildman–Crippen MR) is 122 cm³/mol. The molecule has 1 saturated heterocycles. The summed E-state index contributed by atoms with van der Waals surface area (Å²) < 4.78 is 5.39. The lowest BCUT2D eigenvalue weighted by Gasteiger charge is -2.26. The largest absolute Gasteiger partial charge is 0.384 e. The molecular weight excluding hydrogens is 400 g/mol. The van der Waals surface area contributed by atoms with Crippen LogP contribution in [0.5, 0.6) is 0 Å². The Morgan fingerprint density at radius 3 is 2.70 bits per heavy atom. The fourth-order valence-corrected chi connectivity index (χ4v) is 4.01. The summed E-state index contributed by atoms with van der Waals surface area (Å²) in [7, 11) is 0. The minimum atomic E-state index is -0.182. The minimum absolute atomic E-state index is 0.182. The third-order valence-corrected chi connectivity index (χ3v) is 5.84. The van der Waals surface area contributed by atoms with Gasteiger partial charge in [-0.2, -0.15) is 5.10 Å². The van der Waals surface area contributed by atoms with E-state index in [9.17, 15) is 4.79 Å². The SMILES string of the molecule is O=c1[nH]nc(-c2ccc(Cl)c(NCCCCCN3CCOCC3)c2)c2ccccc12. The Kier molecular flexibility index (Phi) is 7.00. The molecule has 3 aromatic rings. The second kappa shape index (κ2) is 10.1.